The predicted octanol–water partition coefficient (Wildman–Crippen LogP) is 2.95. The first kappa shape index (κ1) is 9.59. The van der Waals surface area contributed by atoms with Crippen LogP contribution in [0, 0.1) is 6.92 Å². The van der Waals surface area contributed by atoms with Crippen molar-refractivity contribution in [2.24, 2.45) is 0 Å². The molecule has 2 aromatic rings. The number of nitrogens with two attached hydrogens (primary N) is 1. The standard InChI is InChI=1S/C13H13NO/c1-9-4-2-3-5-11(9)12-8-10(15)6-7-13(12)14/h2-8,15H,14H2,1H3. The number of hydrogen-bond acceptors (Lipinski definition) is 2. The third-order valence-corrected chi connectivity index (χ3v) is 2.47. The van der Waals surface area contributed by atoms with Gasteiger partial charge in [0.05, 0.1) is 0 Å². The Labute approximate surface area is 89.0 Å². The van der Waals surface area contributed by atoms with Crippen LogP contribution in [0.15, 0.2) is 42.5 Å². The average Bonchev–Trinajstić information content (AvgIpc) is 2.23. The zero-order valence-corrected chi connectivity index (χ0v) is 8.57. The minimum Gasteiger partial charge on any atom is -0.508 e. The number of rotatable bonds is 1. The highest BCUT2D eigenvalue weighted by Gasteiger charge is 2.05. The Bertz CT molecular complexity index is 492. The van der Waals surface area contributed by atoms with Crippen LogP contribution < -0.4 is 5.73 Å². The van der Waals surface area contributed by atoms with Crippen LogP contribution in [0.5, 0.6) is 5.75 Å². The molecule has 15 heavy (non-hydrogen) atoms. The number of anilines is 1. The molecule has 0 fully saturated rings. The molecule has 76 valence electrons. The average molecular weight is 199 g/mol. The summed E-state index contributed by atoms with van der Waals surface area (Å²) >= 11 is 0. The van der Waals surface area contributed by atoms with Gasteiger partial charge in [-0.1, -0.05) is 24.3 Å². The lowest BCUT2D eigenvalue weighted by atomic mass is 9.99. The largest absolute Gasteiger partial charge is 0.508 e. The number of aryl methyl sites for hydroxylation is 1. The van der Waals surface area contributed by atoms with Crippen molar-refractivity contribution in [1.82, 2.24) is 0 Å². The van der Waals surface area contributed by atoms with E-state index in [0.29, 0.717) is 5.69 Å². The van der Waals surface area contributed by atoms with Crippen LogP contribution in [0.1, 0.15) is 5.56 Å². The van der Waals surface area contributed by atoms with Gasteiger partial charge in [0.15, 0.2) is 0 Å². The molecule has 0 aliphatic heterocycles. The van der Waals surface area contributed by atoms with Crippen LogP contribution in [0.3, 0.4) is 0 Å². The summed E-state index contributed by atoms with van der Waals surface area (Å²) in [5.41, 5.74) is 9.65. The van der Waals surface area contributed by atoms with E-state index >= 15 is 0 Å². The van der Waals surface area contributed by atoms with Gasteiger partial charge in [0.25, 0.3) is 0 Å². The number of phenolic OH excluding ortho intramolecular Hbond substituents is 1. The van der Waals surface area contributed by atoms with Crippen molar-refractivity contribution in [3.05, 3.63) is 48.0 Å². The van der Waals surface area contributed by atoms with Crippen molar-refractivity contribution in [2.45, 2.75) is 6.92 Å². The highest BCUT2D eigenvalue weighted by atomic mass is 16.3. The van der Waals surface area contributed by atoms with Gasteiger partial charge in [-0.05, 0) is 36.2 Å². The van der Waals surface area contributed by atoms with Crippen molar-refractivity contribution in [2.75, 3.05) is 5.73 Å². The molecule has 2 aromatic carbocycles. The highest BCUT2D eigenvalue weighted by Crippen LogP contribution is 2.31. The Morgan fingerprint density at radius 2 is 1.73 bits per heavy atom. The van der Waals surface area contributed by atoms with Gasteiger partial charge in [-0.2, -0.15) is 0 Å². The SMILES string of the molecule is Cc1ccccc1-c1cc(O)ccc1N. The Hall–Kier alpha value is -1.96. The molecule has 0 atom stereocenters. The van der Waals surface area contributed by atoms with Crippen molar-refractivity contribution >= 4 is 5.69 Å². The Balaban J connectivity index is 2.64. The number of benzene rings is 2. The van der Waals surface area contributed by atoms with E-state index in [1.807, 2.05) is 31.2 Å². The molecule has 0 saturated heterocycles. The molecule has 0 aromatic heterocycles. The second-order valence-electron chi connectivity index (χ2n) is 3.59. The first-order chi connectivity index (χ1) is 7.18. The minimum absolute atomic E-state index is 0.238. The van der Waals surface area contributed by atoms with Gasteiger partial charge < -0.3 is 10.8 Å². The van der Waals surface area contributed by atoms with Crippen molar-refractivity contribution in [3.63, 3.8) is 0 Å². The van der Waals surface area contributed by atoms with Gasteiger partial charge in [0, 0.05) is 11.3 Å². The molecule has 0 aliphatic carbocycles. The molecule has 2 rings (SSSR count). The Morgan fingerprint density at radius 3 is 2.47 bits per heavy atom. The van der Waals surface area contributed by atoms with Crippen LogP contribution in [0.2, 0.25) is 0 Å². The van der Waals surface area contributed by atoms with E-state index in [1.165, 1.54) is 0 Å². The van der Waals surface area contributed by atoms with Gasteiger partial charge in [0.2, 0.25) is 0 Å². The second-order valence-corrected chi connectivity index (χ2v) is 3.59. The van der Waals surface area contributed by atoms with E-state index in [9.17, 15) is 5.11 Å². The lowest BCUT2D eigenvalue weighted by Crippen LogP contribution is -1.91. The third kappa shape index (κ3) is 1.79. The summed E-state index contributed by atoms with van der Waals surface area (Å²) in [4.78, 5) is 0. The Kier molecular flexibility index (Phi) is 2.34. The summed E-state index contributed by atoms with van der Waals surface area (Å²) in [5.74, 6) is 0.238. The van der Waals surface area contributed by atoms with Crippen molar-refractivity contribution in [1.29, 1.82) is 0 Å². The smallest absolute Gasteiger partial charge is 0.116 e. The van der Waals surface area contributed by atoms with Gasteiger partial charge in [-0.25, -0.2) is 0 Å². The van der Waals surface area contributed by atoms with Crippen LogP contribution in [-0.4, -0.2) is 5.11 Å². The number of nitrogen functional groups attached to an aromatic ring is 1. The fourth-order valence-corrected chi connectivity index (χ4v) is 1.65. The van der Waals surface area contributed by atoms with E-state index in [1.54, 1.807) is 18.2 Å². The molecule has 0 bridgehead atoms. The Morgan fingerprint density at radius 1 is 1.00 bits per heavy atom. The molecule has 0 saturated carbocycles. The molecule has 2 heteroatoms. The maximum atomic E-state index is 9.43. The topological polar surface area (TPSA) is 46.2 Å². The van der Waals surface area contributed by atoms with Crippen LogP contribution in [0.4, 0.5) is 5.69 Å². The molecule has 0 unspecified atom stereocenters. The van der Waals surface area contributed by atoms with Crippen molar-refractivity contribution in [3.8, 4) is 16.9 Å². The second kappa shape index (κ2) is 3.65. The van der Waals surface area contributed by atoms with Crippen LogP contribution in [0.25, 0.3) is 11.1 Å². The van der Waals surface area contributed by atoms with E-state index < -0.39 is 0 Å². The maximum absolute atomic E-state index is 9.43. The summed E-state index contributed by atoms with van der Waals surface area (Å²) in [6.45, 7) is 2.03. The van der Waals surface area contributed by atoms with Gasteiger partial charge in [-0.3, -0.25) is 0 Å². The zero-order chi connectivity index (χ0) is 10.8. The molecule has 3 N–H and O–H groups in total. The van der Waals surface area contributed by atoms with E-state index in [4.69, 9.17) is 5.73 Å². The fourth-order valence-electron chi connectivity index (χ4n) is 1.65. The van der Waals surface area contributed by atoms with E-state index in [2.05, 4.69) is 0 Å². The number of phenols is 1. The van der Waals surface area contributed by atoms with Gasteiger partial charge >= 0.3 is 0 Å². The summed E-state index contributed by atoms with van der Waals surface area (Å²) in [6.07, 6.45) is 0. The summed E-state index contributed by atoms with van der Waals surface area (Å²) < 4.78 is 0. The molecule has 0 spiro atoms. The summed E-state index contributed by atoms with van der Waals surface area (Å²) in [7, 11) is 0. The van der Waals surface area contributed by atoms with Crippen LogP contribution in [-0.2, 0) is 0 Å². The minimum atomic E-state index is 0.238. The van der Waals surface area contributed by atoms with E-state index in [-0.39, 0.29) is 5.75 Å². The summed E-state index contributed by atoms with van der Waals surface area (Å²) in [5, 5.41) is 9.43. The number of aromatic hydroxyl groups is 1. The van der Waals surface area contributed by atoms with E-state index in [0.717, 1.165) is 16.7 Å². The molecule has 0 amide bonds. The summed E-state index contributed by atoms with van der Waals surface area (Å²) in [6, 6.07) is 13.0. The molecular formula is C13H13NO. The number of hydrogen-bond donors (Lipinski definition) is 2. The van der Waals surface area contributed by atoms with Crippen molar-refractivity contribution < 1.29 is 5.11 Å². The zero-order valence-electron chi connectivity index (χ0n) is 8.57. The quantitative estimate of drug-likeness (QED) is 0.548. The lowest BCUT2D eigenvalue weighted by Gasteiger charge is -2.09. The highest BCUT2D eigenvalue weighted by molar-refractivity contribution is 5.79. The molecule has 0 aliphatic rings. The molecule has 0 heterocycles. The molecular weight excluding hydrogens is 186 g/mol. The fraction of sp³-hybridized carbons (Fsp3) is 0.0769. The predicted molar refractivity (Wildman–Crippen MR) is 62.7 cm³/mol. The van der Waals surface area contributed by atoms with Gasteiger partial charge in [0.1, 0.15) is 5.75 Å². The van der Waals surface area contributed by atoms with Crippen LogP contribution >= 0.6 is 0 Å². The van der Waals surface area contributed by atoms with Gasteiger partial charge in [-0.15, -0.1) is 0 Å². The normalized spacial score (nSPS) is 10.2. The molecule has 2 nitrogen and oxygen atoms in total. The monoisotopic (exact) mass is 199 g/mol. The maximum Gasteiger partial charge on any atom is 0.116 e. The first-order valence-corrected chi connectivity index (χ1v) is 4.83. The first-order valence-electron chi connectivity index (χ1n) is 4.83. The third-order valence-electron chi connectivity index (χ3n) is 2.47. The molecule has 0 radical (unpaired) electrons. The lowest BCUT2D eigenvalue weighted by molar-refractivity contribution is 0.475.